The van der Waals surface area contributed by atoms with E-state index in [9.17, 15) is 14.9 Å². The van der Waals surface area contributed by atoms with E-state index in [1.807, 2.05) is 0 Å². The molecule has 0 fully saturated rings. The number of halogens is 1. The Kier molecular flexibility index (Phi) is 7.15. The molecule has 1 N–H and O–H groups in total. The van der Waals surface area contributed by atoms with E-state index in [1.165, 1.54) is 18.2 Å². The number of nitrogens with one attached hydrogen (secondary N) is 1. The van der Waals surface area contributed by atoms with Crippen molar-refractivity contribution in [3.8, 4) is 0 Å². The third kappa shape index (κ3) is 5.34. The summed E-state index contributed by atoms with van der Waals surface area (Å²) in [5, 5.41) is 13.7. The molecule has 21 heavy (non-hydrogen) atoms. The fraction of sp³-hybridized carbons (Fsp3) is 0.533. The summed E-state index contributed by atoms with van der Waals surface area (Å²) < 4.78 is 0. The van der Waals surface area contributed by atoms with Crippen LogP contribution in [0.4, 0.5) is 5.69 Å². The third-order valence-electron chi connectivity index (χ3n) is 3.50. The number of unbranched alkanes of at least 4 members (excludes halogenated alkanes) is 1. The van der Waals surface area contributed by atoms with Crippen LogP contribution in [-0.4, -0.2) is 17.4 Å². The van der Waals surface area contributed by atoms with E-state index in [0.717, 1.165) is 25.7 Å². The molecule has 1 atom stereocenters. The van der Waals surface area contributed by atoms with Crippen LogP contribution in [0.25, 0.3) is 0 Å². The monoisotopic (exact) mass is 312 g/mol. The van der Waals surface area contributed by atoms with Gasteiger partial charge in [-0.25, -0.2) is 0 Å². The largest absolute Gasteiger partial charge is 0.352 e. The number of hydrogen-bond acceptors (Lipinski definition) is 3. The van der Waals surface area contributed by atoms with E-state index in [-0.39, 0.29) is 22.2 Å². The van der Waals surface area contributed by atoms with Gasteiger partial charge in [-0.2, -0.15) is 0 Å². The van der Waals surface area contributed by atoms with Crippen LogP contribution in [0.1, 0.15) is 49.9 Å². The van der Waals surface area contributed by atoms with Crippen LogP contribution >= 0.6 is 11.6 Å². The van der Waals surface area contributed by atoms with Gasteiger partial charge in [-0.15, -0.1) is 0 Å². The van der Waals surface area contributed by atoms with Gasteiger partial charge in [-0.05, 0) is 24.5 Å². The van der Waals surface area contributed by atoms with Gasteiger partial charge in [0.15, 0.2) is 0 Å². The number of amides is 1. The molecular weight excluding hydrogens is 292 g/mol. The Morgan fingerprint density at radius 3 is 2.71 bits per heavy atom. The zero-order valence-corrected chi connectivity index (χ0v) is 13.2. The van der Waals surface area contributed by atoms with Gasteiger partial charge in [0.1, 0.15) is 5.02 Å². The molecular formula is C15H21ClN2O3. The number of rotatable bonds is 8. The van der Waals surface area contributed by atoms with Gasteiger partial charge in [-0.3, -0.25) is 14.9 Å². The molecule has 1 rings (SSSR count). The lowest BCUT2D eigenvalue weighted by Gasteiger charge is -2.15. The predicted molar refractivity (Wildman–Crippen MR) is 83.7 cm³/mol. The maximum atomic E-state index is 12.0. The van der Waals surface area contributed by atoms with Gasteiger partial charge in [-0.1, -0.05) is 44.7 Å². The van der Waals surface area contributed by atoms with Crippen LogP contribution in [0.3, 0.4) is 0 Å². The van der Waals surface area contributed by atoms with Crippen molar-refractivity contribution >= 4 is 23.2 Å². The fourth-order valence-electron chi connectivity index (χ4n) is 2.08. The minimum Gasteiger partial charge on any atom is -0.352 e. The number of carbonyl (C=O) groups excluding carboxylic acids is 1. The summed E-state index contributed by atoms with van der Waals surface area (Å²) in [6.07, 6.45) is 4.35. The van der Waals surface area contributed by atoms with Gasteiger partial charge < -0.3 is 5.32 Å². The van der Waals surface area contributed by atoms with Gasteiger partial charge >= 0.3 is 0 Å². The van der Waals surface area contributed by atoms with Gasteiger partial charge in [0, 0.05) is 18.2 Å². The highest BCUT2D eigenvalue weighted by Crippen LogP contribution is 2.25. The molecule has 1 unspecified atom stereocenters. The molecule has 5 nitrogen and oxygen atoms in total. The smallest absolute Gasteiger partial charge is 0.288 e. The summed E-state index contributed by atoms with van der Waals surface area (Å²) in [5.41, 5.74) is 0.0128. The Labute approximate surface area is 129 Å². The lowest BCUT2D eigenvalue weighted by Crippen LogP contribution is -2.29. The maximum Gasteiger partial charge on any atom is 0.288 e. The van der Waals surface area contributed by atoms with Crippen LogP contribution < -0.4 is 5.32 Å². The Bertz CT molecular complexity index is 506. The zero-order chi connectivity index (χ0) is 15.8. The highest BCUT2D eigenvalue weighted by molar-refractivity contribution is 6.32. The van der Waals surface area contributed by atoms with Crippen molar-refractivity contribution in [2.45, 2.75) is 39.5 Å². The van der Waals surface area contributed by atoms with E-state index >= 15 is 0 Å². The first kappa shape index (κ1) is 17.4. The Morgan fingerprint density at radius 2 is 2.14 bits per heavy atom. The number of nitrogens with zero attached hydrogens (tertiary/aromatic N) is 1. The van der Waals surface area contributed by atoms with Crippen LogP contribution in [-0.2, 0) is 0 Å². The molecule has 0 radical (unpaired) electrons. The molecule has 0 aliphatic heterocycles. The minimum atomic E-state index is -0.588. The fourth-order valence-corrected chi connectivity index (χ4v) is 2.26. The molecule has 0 spiro atoms. The zero-order valence-electron chi connectivity index (χ0n) is 12.4. The van der Waals surface area contributed by atoms with Crippen molar-refractivity contribution in [3.05, 3.63) is 38.9 Å². The van der Waals surface area contributed by atoms with Crippen molar-refractivity contribution in [1.82, 2.24) is 5.32 Å². The molecule has 0 saturated carbocycles. The van der Waals surface area contributed by atoms with E-state index in [0.29, 0.717) is 12.5 Å². The molecule has 0 aliphatic carbocycles. The molecule has 116 valence electrons. The third-order valence-corrected chi connectivity index (χ3v) is 3.82. The molecule has 1 amide bonds. The van der Waals surface area contributed by atoms with E-state index < -0.39 is 4.92 Å². The molecule has 0 aromatic heterocycles. The average Bonchev–Trinajstić information content (AvgIpc) is 2.47. The van der Waals surface area contributed by atoms with Crippen molar-refractivity contribution in [1.29, 1.82) is 0 Å². The topological polar surface area (TPSA) is 72.2 Å². The number of nitro benzene ring substituents is 1. The SMILES string of the molecule is CCCCC(CC)CNC(=O)c1ccc(Cl)c([N+](=O)[O-])c1. The first-order valence-electron chi connectivity index (χ1n) is 7.21. The summed E-state index contributed by atoms with van der Waals surface area (Å²) >= 11 is 5.73. The Morgan fingerprint density at radius 1 is 1.43 bits per heavy atom. The number of hydrogen-bond donors (Lipinski definition) is 1. The molecule has 1 aromatic rings. The van der Waals surface area contributed by atoms with E-state index in [4.69, 9.17) is 11.6 Å². The normalized spacial score (nSPS) is 12.0. The molecule has 1 aromatic carbocycles. The summed E-state index contributed by atoms with van der Waals surface area (Å²) in [6.45, 7) is 4.82. The second kappa shape index (κ2) is 8.62. The summed E-state index contributed by atoms with van der Waals surface area (Å²) in [7, 11) is 0. The predicted octanol–water partition coefficient (Wildman–Crippen LogP) is 4.19. The van der Waals surface area contributed by atoms with Gasteiger partial charge in [0.2, 0.25) is 0 Å². The molecule has 0 saturated heterocycles. The van der Waals surface area contributed by atoms with Crippen molar-refractivity contribution in [2.24, 2.45) is 5.92 Å². The first-order chi connectivity index (χ1) is 9.99. The number of benzene rings is 1. The standard InChI is InChI=1S/C15H21ClN2O3/c1-3-5-6-11(4-2)10-17-15(19)12-7-8-13(16)14(9-12)18(20)21/h7-9,11H,3-6,10H2,1-2H3,(H,17,19). The molecule has 0 heterocycles. The van der Waals surface area contributed by atoms with E-state index in [1.54, 1.807) is 0 Å². The highest BCUT2D eigenvalue weighted by Gasteiger charge is 2.16. The van der Waals surface area contributed by atoms with E-state index in [2.05, 4.69) is 19.2 Å². The lowest BCUT2D eigenvalue weighted by atomic mass is 9.99. The van der Waals surface area contributed by atoms with Crippen molar-refractivity contribution in [3.63, 3.8) is 0 Å². The van der Waals surface area contributed by atoms with Crippen LogP contribution in [0.5, 0.6) is 0 Å². The quantitative estimate of drug-likeness (QED) is 0.577. The number of nitro groups is 1. The minimum absolute atomic E-state index is 0.0333. The van der Waals surface area contributed by atoms with Crippen LogP contribution in [0, 0.1) is 16.0 Å². The maximum absolute atomic E-state index is 12.0. The second-order valence-electron chi connectivity index (χ2n) is 5.05. The summed E-state index contributed by atoms with van der Waals surface area (Å²) in [5.74, 6) is 0.140. The van der Waals surface area contributed by atoms with Crippen molar-refractivity contribution < 1.29 is 9.72 Å². The average molecular weight is 313 g/mol. The summed E-state index contributed by atoms with van der Waals surface area (Å²) in [4.78, 5) is 22.3. The van der Waals surface area contributed by atoms with Crippen molar-refractivity contribution in [2.75, 3.05) is 6.54 Å². The van der Waals surface area contributed by atoms with Crippen LogP contribution in [0.15, 0.2) is 18.2 Å². The molecule has 0 bridgehead atoms. The first-order valence-corrected chi connectivity index (χ1v) is 7.59. The van der Waals surface area contributed by atoms with Gasteiger partial charge in [0.05, 0.1) is 4.92 Å². The summed E-state index contributed by atoms with van der Waals surface area (Å²) in [6, 6.07) is 4.09. The Balaban J connectivity index is 2.67. The second-order valence-corrected chi connectivity index (χ2v) is 5.46. The Hall–Kier alpha value is -1.62. The van der Waals surface area contributed by atoms with Crippen LogP contribution in [0.2, 0.25) is 5.02 Å². The lowest BCUT2D eigenvalue weighted by molar-refractivity contribution is -0.384. The highest BCUT2D eigenvalue weighted by atomic mass is 35.5. The molecule has 0 aliphatic rings. The molecule has 6 heteroatoms. The van der Waals surface area contributed by atoms with Gasteiger partial charge in [0.25, 0.3) is 11.6 Å². The number of carbonyl (C=O) groups is 1.